The Morgan fingerprint density at radius 1 is 0.327 bits per heavy atom. The van der Waals surface area contributed by atoms with Gasteiger partial charge in [0.25, 0.3) is 0 Å². The van der Waals surface area contributed by atoms with E-state index in [2.05, 4.69) is 167 Å². The van der Waals surface area contributed by atoms with Gasteiger partial charge >= 0.3 is 0 Å². The Balaban J connectivity index is 1.25. The highest BCUT2D eigenvalue weighted by Gasteiger charge is 2.21. The minimum Gasteiger partial charge on any atom is -0.456 e. The van der Waals surface area contributed by atoms with Crippen molar-refractivity contribution in [3.05, 3.63) is 170 Å². The fourth-order valence-electron chi connectivity index (χ4n) is 8.10. The number of nitrogens with zero attached hydrogens (tertiary/aromatic N) is 2. The Hall–Kier alpha value is -6.58. The molecule has 0 amide bonds. The van der Waals surface area contributed by atoms with Gasteiger partial charge in [-0.3, -0.25) is 0 Å². The maximum absolute atomic E-state index is 6.36. The molecule has 0 unspecified atom stereocenters. The van der Waals surface area contributed by atoms with Gasteiger partial charge in [-0.1, -0.05) is 109 Å². The average Bonchev–Trinajstić information content (AvgIpc) is 3.81. The lowest BCUT2D eigenvalue weighted by atomic mass is 10.0. The van der Waals surface area contributed by atoms with Gasteiger partial charge in [0.15, 0.2) is 0 Å². The van der Waals surface area contributed by atoms with Crippen LogP contribution in [0.5, 0.6) is 0 Å². The van der Waals surface area contributed by atoms with Gasteiger partial charge in [-0.25, -0.2) is 0 Å². The predicted octanol–water partition coefficient (Wildman–Crippen LogP) is 12.6. The summed E-state index contributed by atoms with van der Waals surface area (Å²) >= 11 is 0. The number of aromatic nitrogens is 2. The second kappa shape index (κ2) is 9.96. The maximum atomic E-state index is 6.36. The zero-order valence-corrected chi connectivity index (χ0v) is 26.5. The highest BCUT2D eigenvalue weighted by atomic mass is 16.3. The van der Waals surface area contributed by atoms with Crippen LogP contribution in [0.25, 0.3) is 98.8 Å². The van der Waals surface area contributed by atoms with Gasteiger partial charge in [-0.15, -0.1) is 0 Å². The van der Waals surface area contributed by atoms with Crippen LogP contribution in [0.4, 0.5) is 0 Å². The first-order chi connectivity index (χ1) is 24.3. The number of furan rings is 1. The van der Waals surface area contributed by atoms with Crippen molar-refractivity contribution in [2.45, 2.75) is 0 Å². The molecule has 0 fully saturated rings. The van der Waals surface area contributed by atoms with Crippen LogP contribution in [0, 0.1) is 0 Å². The van der Waals surface area contributed by atoms with Crippen LogP contribution in [0.15, 0.2) is 174 Å². The van der Waals surface area contributed by atoms with Crippen molar-refractivity contribution < 1.29 is 4.42 Å². The molecule has 3 heteroatoms. The Bertz CT molecular complexity index is 3100. The van der Waals surface area contributed by atoms with E-state index in [0.29, 0.717) is 0 Å². The SMILES string of the molecule is c1ccc(-c2ccc3c4c5c6ccccc6n(-c6ccc7c(c6)oc6ccccc67)c5ccc4n(-c4ccc5ccccc5c4)c3c2)cc1. The van der Waals surface area contributed by atoms with Gasteiger partial charge in [0.1, 0.15) is 11.2 Å². The molecule has 0 aliphatic heterocycles. The molecule has 8 aromatic carbocycles. The largest absolute Gasteiger partial charge is 0.456 e. The van der Waals surface area contributed by atoms with Crippen molar-refractivity contribution in [3.63, 3.8) is 0 Å². The van der Waals surface area contributed by atoms with Gasteiger partial charge < -0.3 is 13.6 Å². The zero-order valence-electron chi connectivity index (χ0n) is 26.5. The van der Waals surface area contributed by atoms with Crippen LogP contribution >= 0.6 is 0 Å². The first-order valence-electron chi connectivity index (χ1n) is 16.8. The van der Waals surface area contributed by atoms with Crippen LogP contribution < -0.4 is 0 Å². The second-order valence-corrected chi connectivity index (χ2v) is 12.9. The lowest BCUT2D eigenvalue weighted by Gasteiger charge is -2.11. The van der Waals surface area contributed by atoms with Gasteiger partial charge in [0, 0.05) is 49.8 Å². The predicted molar refractivity (Wildman–Crippen MR) is 205 cm³/mol. The molecule has 0 saturated heterocycles. The number of para-hydroxylation sites is 2. The third-order valence-electron chi connectivity index (χ3n) is 10.3. The average molecular weight is 625 g/mol. The first kappa shape index (κ1) is 26.5. The first-order valence-corrected chi connectivity index (χ1v) is 16.8. The molecule has 0 radical (unpaired) electrons. The third kappa shape index (κ3) is 3.78. The van der Waals surface area contributed by atoms with E-state index in [4.69, 9.17) is 4.42 Å². The highest BCUT2D eigenvalue weighted by Crippen LogP contribution is 2.44. The van der Waals surface area contributed by atoms with Gasteiger partial charge in [-0.05, 0) is 76.5 Å². The molecule has 3 aromatic heterocycles. The summed E-state index contributed by atoms with van der Waals surface area (Å²) in [5.41, 5.74) is 11.2. The monoisotopic (exact) mass is 624 g/mol. The molecule has 0 atom stereocenters. The molecule has 0 spiro atoms. The third-order valence-corrected chi connectivity index (χ3v) is 10.3. The van der Waals surface area contributed by atoms with E-state index in [-0.39, 0.29) is 0 Å². The normalized spacial score (nSPS) is 12.1. The number of hydrogen-bond acceptors (Lipinski definition) is 1. The van der Waals surface area contributed by atoms with Crippen molar-refractivity contribution in [2.75, 3.05) is 0 Å². The lowest BCUT2D eigenvalue weighted by Crippen LogP contribution is -1.95. The topological polar surface area (TPSA) is 23.0 Å². The van der Waals surface area contributed by atoms with Crippen molar-refractivity contribution in [1.82, 2.24) is 9.13 Å². The standard InChI is InChI=1S/C46H28N2O/c1-2-10-29(11-3-1)32-19-22-38-42(27-32)48(33-20-18-30-12-4-5-13-31(30)26-33)41-25-24-40-45(46(38)41)37-15-6-8-16-39(37)47(40)34-21-23-36-35-14-7-9-17-43(35)49-44(36)28-34/h1-28H. The molecule has 0 aliphatic carbocycles. The summed E-state index contributed by atoms with van der Waals surface area (Å²) in [7, 11) is 0. The van der Waals surface area contributed by atoms with E-state index in [1.165, 1.54) is 65.5 Å². The Labute approximate surface area is 281 Å². The summed E-state index contributed by atoms with van der Waals surface area (Å²) in [6.07, 6.45) is 0. The Kier molecular flexibility index (Phi) is 5.38. The zero-order chi connectivity index (χ0) is 32.1. The molecule has 3 nitrogen and oxygen atoms in total. The van der Waals surface area contributed by atoms with E-state index in [1.54, 1.807) is 0 Å². The van der Waals surface area contributed by atoms with Crippen molar-refractivity contribution in [1.29, 1.82) is 0 Å². The number of fused-ring (bicyclic) bond motifs is 11. The molecule has 11 aromatic rings. The van der Waals surface area contributed by atoms with Crippen molar-refractivity contribution in [3.8, 4) is 22.5 Å². The lowest BCUT2D eigenvalue weighted by molar-refractivity contribution is 0.668. The van der Waals surface area contributed by atoms with Crippen molar-refractivity contribution >= 4 is 76.3 Å². The van der Waals surface area contributed by atoms with E-state index in [1.807, 2.05) is 12.1 Å². The number of hydrogen-bond donors (Lipinski definition) is 0. The molecule has 0 bridgehead atoms. The second-order valence-electron chi connectivity index (χ2n) is 12.9. The molecule has 11 rings (SSSR count). The molecule has 0 N–H and O–H groups in total. The summed E-state index contributed by atoms with van der Waals surface area (Å²) in [5, 5.41) is 9.74. The number of rotatable bonds is 3. The van der Waals surface area contributed by atoms with Gasteiger partial charge in [0.2, 0.25) is 0 Å². The summed E-state index contributed by atoms with van der Waals surface area (Å²) in [5.74, 6) is 0. The van der Waals surface area contributed by atoms with Crippen LogP contribution in [-0.2, 0) is 0 Å². The molecule has 228 valence electrons. The van der Waals surface area contributed by atoms with E-state index in [9.17, 15) is 0 Å². The highest BCUT2D eigenvalue weighted by molar-refractivity contribution is 6.29. The Morgan fingerprint density at radius 3 is 1.80 bits per heavy atom. The Morgan fingerprint density at radius 2 is 0.939 bits per heavy atom. The van der Waals surface area contributed by atoms with Gasteiger partial charge in [-0.2, -0.15) is 0 Å². The number of benzene rings is 8. The summed E-state index contributed by atoms with van der Waals surface area (Å²) in [4.78, 5) is 0. The molecular weight excluding hydrogens is 597 g/mol. The summed E-state index contributed by atoms with van der Waals surface area (Å²) < 4.78 is 11.2. The van der Waals surface area contributed by atoms with Gasteiger partial charge in [0.05, 0.1) is 22.1 Å². The van der Waals surface area contributed by atoms with E-state index in [0.717, 1.165) is 33.3 Å². The smallest absolute Gasteiger partial charge is 0.137 e. The fourth-order valence-corrected chi connectivity index (χ4v) is 8.10. The van der Waals surface area contributed by atoms with Crippen molar-refractivity contribution in [2.24, 2.45) is 0 Å². The molecule has 0 aliphatic rings. The van der Waals surface area contributed by atoms with Crippen LogP contribution in [0.3, 0.4) is 0 Å². The van der Waals surface area contributed by atoms with E-state index < -0.39 is 0 Å². The molecule has 0 saturated carbocycles. The molecular formula is C46H28N2O. The van der Waals surface area contributed by atoms with Crippen LogP contribution in [0.2, 0.25) is 0 Å². The molecule has 49 heavy (non-hydrogen) atoms. The summed E-state index contributed by atoms with van der Waals surface area (Å²) in [6.45, 7) is 0. The fraction of sp³-hybridized carbons (Fsp3) is 0. The summed E-state index contributed by atoms with van der Waals surface area (Å²) in [6, 6.07) is 61.4. The van der Waals surface area contributed by atoms with Crippen LogP contribution in [-0.4, -0.2) is 9.13 Å². The maximum Gasteiger partial charge on any atom is 0.137 e. The minimum absolute atomic E-state index is 0.895. The van der Waals surface area contributed by atoms with E-state index >= 15 is 0 Å². The quantitative estimate of drug-likeness (QED) is 0.192. The van der Waals surface area contributed by atoms with Crippen LogP contribution in [0.1, 0.15) is 0 Å². The molecule has 3 heterocycles. The minimum atomic E-state index is 0.895.